The quantitative estimate of drug-likeness (QED) is 0.709. The van der Waals surface area contributed by atoms with Crippen LogP contribution in [0.2, 0.25) is 5.02 Å². The first-order valence-electron chi connectivity index (χ1n) is 9.41. The zero-order valence-electron chi connectivity index (χ0n) is 15.5. The van der Waals surface area contributed by atoms with Crippen molar-refractivity contribution in [1.29, 1.82) is 0 Å². The molecule has 2 aliphatic rings. The van der Waals surface area contributed by atoms with E-state index < -0.39 is 5.91 Å². The van der Waals surface area contributed by atoms with Crippen LogP contribution in [-0.2, 0) is 9.59 Å². The van der Waals surface area contributed by atoms with Gasteiger partial charge < -0.3 is 10.0 Å². The summed E-state index contributed by atoms with van der Waals surface area (Å²) in [5, 5.41) is 9.34. The van der Waals surface area contributed by atoms with Crippen molar-refractivity contribution >= 4 is 46.5 Å². The zero-order chi connectivity index (χ0) is 20.1. The lowest BCUT2D eigenvalue weighted by Crippen LogP contribution is -2.45. The van der Waals surface area contributed by atoms with E-state index in [4.69, 9.17) is 11.6 Å². The molecule has 1 aromatic carbocycles. The highest BCUT2D eigenvalue weighted by atomic mass is 35.5. The van der Waals surface area contributed by atoms with Crippen molar-refractivity contribution in [2.45, 2.75) is 38.1 Å². The van der Waals surface area contributed by atoms with E-state index in [9.17, 15) is 19.5 Å². The number of hydrogen-bond acceptors (Lipinski definition) is 5. The fraction of sp³-hybridized carbons (Fsp3) is 0.450. The van der Waals surface area contributed by atoms with Crippen LogP contribution in [0.5, 0.6) is 0 Å². The summed E-state index contributed by atoms with van der Waals surface area (Å²) >= 11 is 6.98. The number of carbonyl (C=O) groups excluding carboxylic acids is 3. The summed E-state index contributed by atoms with van der Waals surface area (Å²) in [6.45, 7) is 0.772. The van der Waals surface area contributed by atoms with Gasteiger partial charge in [-0.15, -0.1) is 0 Å². The number of carbonyl (C=O) groups is 3. The Bertz CT molecular complexity index is 796. The number of piperidine rings is 1. The predicted octanol–water partition coefficient (Wildman–Crippen LogP) is 3.53. The SMILES string of the molecule is O=C1S/C(=C\c2ccccc2Cl)C(=O)N1CCC(=O)N1CCCC[C@@H]1CCO. The smallest absolute Gasteiger partial charge is 0.293 e. The number of benzene rings is 1. The Hall–Kier alpha value is -1.83. The number of aliphatic hydroxyl groups excluding tert-OH is 1. The van der Waals surface area contributed by atoms with Gasteiger partial charge in [0.2, 0.25) is 5.91 Å². The third-order valence-corrected chi connectivity index (χ3v) is 6.28. The van der Waals surface area contributed by atoms with Crippen LogP contribution >= 0.6 is 23.4 Å². The molecule has 1 N–H and O–H groups in total. The van der Waals surface area contributed by atoms with E-state index in [0.717, 1.165) is 35.9 Å². The van der Waals surface area contributed by atoms with Gasteiger partial charge in [-0.05, 0) is 55.2 Å². The highest BCUT2D eigenvalue weighted by Gasteiger charge is 2.36. The molecule has 1 atom stereocenters. The number of likely N-dealkylation sites (tertiary alicyclic amines) is 1. The zero-order valence-corrected chi connectivity index (χ0v) is 17.0. The number of amides is 3. The van der Waals surface area contributed by atoms with Crippen LogP contribution in [0.1, 0.15) is 37.7 Å². The van der Waals surface area contributed by atoms with E-state index in [0.29, 0.717) is 28.5 Å². The molecule has 0 saturated carbocycles. The molecule has 0 bridgehead atoms. The Labute approximate surface area is 173 Å². The summed E-state index contributed by atoms with van der Waals surface area (Å²) in [4.78, 5) is 40.7. The van der Waals surface area contributed by atoms with E-state index in [-0.39, 0.29) is 36.8 Å². The van der Waals surface area contributed by atoms with E-state index in [1.165, 1.54) is 0 Å². The van der Waals surface area contributed by atoms with Crippen LogP contribution in [0.25, 0.3) is 6.08 Å². The lowest BCUT2D eigenvalue weighted by atomic mass is 9.99. The van der Waals surface area contributed by atoms with Gasteiger partial charge in [0, 0.05) is 37.2 Å². The fourth-order valence-electron chi connectivity index (χ4n) is 3.56. The minimum atomic E-state index is -0.395. The molecule has 2 fully saturated rings. The van der Waals surface area contributed by atoms with E-state index in [2.05, 4.69) is 0 Å². The Morgan fingerprint density at radius 3 is 2.82 bits per heavy atom. The Balaban J connectivity index is 1.63. The number of hydrogen-bond donors (Lipinski definition) is 1. The molecule has 3 amide bonds. The lowest BCUT2D eigenvalue weighted by Gasteiger charge is -2.36. The largest absolute Gasteiger partial charge is 0.396 e. The Morgan fingerprint density at radius 1 is 1.29 bits per heavy atom. The third kappa shape index (κ3) is 4.77. The predicted molar refractivity (Wildman–Crippen MR) is 110 cm³/mol. The molecule has 0 radical (unpaired) electrons. The summed E-state index contributed by atoms with van der Waals surface area (Å²) < 4.78 is 0. The topological polar surface area (TPSA) is 77.9 Å². The maximum atomic E-state index is 12.6. The number of nitrogens with zero attached hydrogens (tertiary/aromatic N) is 2. The molecule has 8 heteroatoms. The van der Waals surface area contributed by atoms with Gasteiger partial charge in [-0.25, -0.2) is 0 Å². The summed E-state index contributed by atoms with van der Waals surface area (Å²) in [5.74, 6) is -0.472. The van der Waals surface area contributed by atoms with Crippen molar-refractivity contribution in [2.24, 2.45) is 0 Å². The van der Waals surface area contributed by atoms with Gasteiger partial charge in [0.05, 0.1) is 4.91 Å². The van der Waals surface area contributed by atoms with Gasteiger partial charge in [-0.1, -0.05) is 29.8 Å². The van der Waals surface area contributed by atoms with E-state index in [1.807, 2.05) is 6.07 Å². The van der Waals surface area contributed by atoms with Crippen LogP contribution in [-0.4, -0.2) is 57.7 Å². The van der Waals surface area contributed by atoms with E-state index >= 15 is 0 Å². The molecule has 0 spiro atoms. The van der Waals surface area contributed by atoms with Crippen LogP contribution in [0.3, 0.4) is 0 Å². The maximum absolute atomic E-state index is 12.6. The van der Waals surface area contributed by atoms with Gasteiger partial charge in [-0.3, -0.25) is 19.3 Å². The number of aliphatic hydroxyl groups is 1. The fourth-order valence-corrected chi connectivity index (χ4v) is 4.60. The average molecular weight is 423 g/mol. The highest BCUT2D eigenvalue weighted by molar-refractivity contribution is 8.18. The number of rotatable bonds is 6. The number of halogens is 1. The van der Waals surface area contributed by atoms with Gasteiger partial charge in [0.1, 0.15) is 0 Å². The standard InChI is InChI=1S/C20H23ClN2O4S/c21-16-7-2-1-5-14(16)13-17-19(26)23(20(27)28-17)11-8-18(25)22-10-4-3-6-15(22)9-12-24/h1-2,5,7,13,15,24H,3-4,6,8-12H2/b17-13-/t15-/m1/s1. The molecule has 2 saturated heterocycles. The second-order valence-corrected chi connectivity index (χ2v) is 8.25. The molecule has 0 aliphatic carbocycles. The second-order valence-electron chi connectivity index (χ2n) is 6.85. The molecule has 150 valence electrons. The molecule has 2 heterocycles. The van der Waals surface area contributed by atoms with Gasteiger partial charge in [0.25, 0.3) is 11.1 Å². The van der Waals surface area contributed by atoms with E-state index in [1.54, 1.807) is 29.2 Å². The first kappa shape index (κ1) is 20.9. The number of thioether (sulfide) groups is 1. The lowest BCUT2D eigenvalue weighted by molar-refractivity contribution is -0.135. The summed E-state index contributed by atoms with van der Waals surface area (Å²) in [7, 11) is 0. The van der Waals surface area contributed by atoms with Crippen molar-refractivity contribution in [3.05, 3.63) is 39.8 Å². The van der Waals surface area contributed by atoms with Crippen LogP contribution in [0, 0.1) is 0 Å². The van der Waals surface area contributed by atoms with Gasteiger partial charge in [0.15, 0.2) is 0 Å². The van der Waals surface area contributed by atoms with Gasteiger partial charge >= 0.3 is 0 Å². The van der Waals surface area contributed by atoms with Crippen molar-refractivity contribution in [3.8, 4) is 0 Å². The summed E-state index contributed by atoms with van der Waals surface area (Å²) in [6.07, 6.45) is 5.14. The van der Waals surface area contributed by atoms with Crippen LogP contribution < -0.4 is 0 Å². The molecule has 2 aliphatic heterocycles. The van der Waals surface area contributed by atoms with Gasteiger partial charge in [-0.2, -0.15) is 0 Å². The third-order valence-electron chi connectivity index (χ3n) is 5.02. The minimum absolute atomic E-state index is 0.0429. The molecular formula is C20H23ClN2O4S. The molecule has 0 unspecified atom stereocenters. The first-order chi connectivity index (χ1) is 13.5. The van der Waals surface area contributed by atoms with Crippen LogP contribution in [0.15, 0.2) is 29.2 Å². The van der Waals surface area contributed by atoms with Crippen molar-refractivity contribution in [3.63, 3.8) is 0 Å². The molecule has 1 aromatic rings. The van der Waals surface area contributed by atoms with Crippen molar-refractivity contribution < 1.29 is 19.5 Å². The maximum Gasteiger partial charge on any atom is 0.293 e. The molecule has 3 rings (SSSR count). The molecule has 0 aromatic heterocycles. The Kier molecular flexibility index (Phi) is 7.15. The highest BCUT2D eigenvalue weighted by Crippen LogP contribution is 2.33. The summed E-state index contributed by atoms with van der Waals surface area (Å²) in [5.41, 5.74) is 0.672. The minimum Gasteiger partial charge on any atom is -0.396 e. The van der Waals surface area contributed by atoms with Crippen LogP contribution in [0.4, 0.5) is 4.79 Å². The Morgan fingerprint density at radius 2 is 2.07 bits per heavy atom. The number of imide groups is 1. The second kappa shape index (κ2) is 9.58. The molecular weight excluding hydrogens is 400 g/mol. The average Bonchev–Trinajstić information content (AvgIpc) is 2.95. The monoisotopic (exact) mass is 422 g/mol. The normalized spacial score (nSPS) is 21.6. The summed E-state index contributed by atoms with van der Waals surface area (Å²) in [6, 6.07) is 7.14. The first-order valence-corrected chi connectivity index (χ1v) is 10.6. The van der Waals surface area contributed by atoms with Crippen molar-refractivity contribution in [2.75, 3.05) is 19.7 Å². The van der Waals surface area contributed by atoms with Crippen molar-refractivity contribution in [1.82, 2.24) is 9.80 Å². The molecule has 6 nitrogen and oxygen atoms in total. The molecule has 28 heavy (non-hydrogen) atoms.